The fourth-order valence-corrected chi connectivity index (χ4v) is 5.90. The average Bonchev–Trinajstić information content (AvgIpc) is 2.98. The zero-order chi connectivity index (χ0) is 19.8. The predicted molar refractivity (Wildman–Crippen MR) is 112 cm³/mol. The molecule has 0 radical (unpaired) electrons. The van der Waals surface area contributed by atoms with Crippen LogP contribution in [0, 0.1) is 0 Å². The van der Waals surface area contributed by atoms with E-state index in [0.717, 1.165) is 58.0 Å². The van der Waals surface area contributed by atoms with Crippen LogP contribution in [0.1, 0.15) is 56.9 Å². The summed E-state index contributed by atoms with van der Waals surface area (Å²) in [5.74, 6) is 0. The van der Waals surface area contributed by atoms with E-state index in [9.17, 15) is 5.11 Å². The third-order valence-corrected chi connectivity index (χ3v) is 8.20. The van der Waals surface area contributed by atoms with Crippen molar-refractivity contribution in [3.8, 4) is 0 Å². The van der Waals surface area contributed by atoms with Gasteiger partial charge in [0.15, 0.2) is 6.35 Å². The molecule has 5 heteroatoms. The zero-order valence-corrected chi connectivity index (χ0v) is 17.8. The van der Waals surface area contributed by atoms with E-state index < -0.39 is 6.35 Å². The lowest BCUT2D eigenvalue weighted by atomic mass is 9.68. The standard InChI is InChI=1S/C23H37N3O2/c1-25(2)23(19-8-5-4-6-9-19)14-12-21(13-15-23)18-24-20(27)26(21)17-16-22(28-3)10-7-11-22/h4-6,8-9,20,24,27H,7,10-18H2,1-3H3. The first-order valence-electron chi connectivity index (χ1n) is 10.9. The summed E-state index contributed by atoms with van der Waals surface area (Å²) in [6.07, 6.45) is 8.50. The summed E-state index contributed by atoms with van der Waals surface area (Å²) in [6, 6.07) is 11.0. The number of methoxy groups -OCH3 is 1. The Morgan fingerprint density at radius 3 is 2.32 bits per heavy atom. The molecule has 2 aliphatic carbocycles. The predicted octanol–water partition coefficient (Wildman–Crippen LogP) is 2.90. The number of rotatable bonds is 6. The van der Waals surface area contributed by atoms with Gasteiger partial charge in [-0.05, 0) is 71.0 Å². The van der Waals surface area contributed by atoms with Crippen molar-refractivity contribution in [2.75, 3.05) is 34.3 Å². The van der Waals surface area contributed by atoms with Crippen LogP contribution >= 0.6 is 0 Å². The van der Waals surface area contributed by atoms with Crippen LogP contribution in [0.5, 0.6) is 0 Å². The molecule has 156 valence electrons. The van der Waals surface area contributed by atoms with E-state index in [2.05, 4.69) is 59.5 Å². The van der Waals surface area contributed by atoms with E-state index in [1.807, 2.05) is 7.11 Å². The summed E-state index contributed by atoms with van der Waals surface area (Å²) < 4.78 is 5.83. The van der Waals surface area contributed by atoms with Crippen molar-refractivity contribution in [2.24, 2.45) is 0 Å². The van der Waals surface area contributed by atoms with Gasteiger partial charge in [0.25, 0.3) is 0 Å². The highest BCUT2D eigenvalue weighted by Gasteiger charge is 2.52. The number of ether oxygens (including phenoxy) is 1. The minimum Gasteiger partial charge on any atom is -0.378 e. The number of hydrogen-bond acceptors (Lipinski definition) is 5. The van der Waals surface area contributed by atoms with Crippen molar-refractivity contribution in [1.82, 2.24) is 15.1 Å². The molecule has 1 heterocycles. The van der Waals surface area contributed by atoms with Crippen LogP contribution in [0.4, 0.5) is 0 Å². The highest BCUT2D eigenvalue weighted by atomic mass is 16.5. The van der Waals surface area contributed by atoms with Gasteiger partial charge in [-0.25, -0.2) is 0 Å². The number of benzene rings is 1. The molecule has 4 rings (SSSR count). The van der Waals surface area contributed by atoms with E-state index in [-0.39, 0.29) is 16.7 Å². The molecule has 1 atom stereocenters. The molecule has 1 aromatic rings. The lowest BCUT2D eigenvalue weighted by Gasteiger charge is -2.52. The minimum absolute atomic E-state index is 0.0512. The SMILES string of the molecule is COC1(CCN2C(O)NCC23CCC(c2ccccc2)(N(C)C)CC3)CCC1. The molecule has 1 saturated heterocycles. The molecule has 1 aromatic carbocycles. The lowest BCUT2D eigenvalue weighted by Crippen LogP contribution is -2.57. The van der Waals surface area contributed by atoms with Gasteiger partial charge < -0.3 is 9.84 Å². The van der Waals surface area contributed by atoms with Gasteiger partial charge >= 0.3 is 0 Å². The van der Waals surface area contributed by atoms with Crippen molar-refractivity contribution in [2.45, 2.75) is 74.4 Å². The Morgan fingerprint density at radius 2 is 1.79 bits per heavy atom. The maximum absolute atomic E-state index is 10.7. The molecule has 2 saturated carbocycles. The number of aliphatic hydroxyl groups is 1. The Hall–Kier alpha value is -0.980. The average molecular weight is 388 g/mol. The largest absolute Gasteiger partial charge is 0.378 e. The van der Waals surface area contributed by atoms with Gasteiger partial charge in [-0.1, -0.05) is 30.3 Å². The van der Waals surface area contributed by atoms with Gasteiger partial charge in [-0.15, -0.1) is 0 Å². The number of nitrogens with zero attached hydrogens (tertiary/aromatic N) is 2. The Balaban J connectivity index is 1.49. The first-order chi connectivity index (χ1) is 13.5. The molecule has 1 spiro atoms. The Labute approximate surface area is 170 Å². The smallest absolute Gasteiger partial charge is 0.163 e. The number of nitrogens with one attached hydrogen (secondary N) is 1. The van der Waals surface area contributed by atoms with Gasteiger partial charge in [-0.2, -0.15) is 0 Å². The first kappa shape index (κ1) is 20.3. The highest BCUT2D eigenvalue weighted by molar-refractivity contribution is 5.26. The number of hydrogen-bond donors (Lipinski definition) is 2. The second-order valence-corrected chi connectivity index (χ2v) is 9.46. The monoisotopic (exact) mass is 387 g/mol. The van der Waals surface area contributed by atoms with Crippen LogP contribution in [-0.2, 0) is 10.3 Å². The van der Waals surface area contributed by atoms with Crippen molar-refractivity contribution >= 4 is 0 Å². The normalized spacial score (nSPS) is 35.4. The molecule has 1 unspecified atom stereocenters. The molecule has 0 bridgehead atoms. The molecule has 5 nitrogen and oxygen atoms in total. The Kier molecular flexibility index (Phi) is 5.58. The topological polar surface area (TPSA) is 48.0 Å². The highest BCUT2D eigenvalue weighted by Crippen LogP contribution is 2.48. The summed E-state index contributed by atoms with van der Waals surface area (Å²) in [5, 5.41) is 14.0. The molecule has 28 heavy (non-hydrogen) atoms. The van der Waals surface area contributed by atoms with Gasteiger partial charge in [0.1, 0.15) is 0 Å². The molecule has 0 amide bonds. The second kappa shape index (κ2) is 7.69. The van der Waals surface area contributed by atoms with Crippen LogP contribution in [0.15, 0.2) is 30.3 Å². The maximum atomic E-state index is 10.7. The first-order valence-corrected chi connectivity index (χ1v) is 10.9. The summed E-state index contributed by atoms with van der Waals surface area (Å²) in [4.78, 5) is 4.75. The summed E-state index contributed by atoms with van der Waals surface area (Å²) in [5.41, 5.74) is 1.62. The fraction of sp³-hybridized carbons (Fsp3) is 0.739. The van der Waals surface area contributed by atoms with Crippen LogP contribution < -0.4 is 5.32 Å². The molecule has 2 N–H and O–H groups in total. The molecule has 3 aliphatic rings. The second-order valence-electron chi connectivity index (χ2n) is 9.46. The minimum atomic E-state index is -0.530. The van der Waals surface area contributed by atoms with Crippen molar-refractivity contribution in [1.29, 1.82) is 0 Å². The summed E-state index contributed by atoms with van der Waals surface area (Å²) >= 11 is 0. The van der Waals surface area contributed by atoms with Gasteiger partial charge in [-0.3, -0.25) is 15.1 Å². The van der Waals surface area contributed by atoms with Crippen LogP contribution in [0.2, 0.25) is 0 Å². The van der Waals surface area contributed by atoms with Crippen LogP contribution in [-0.4, -0.2) is 66.7 Å². The molecule has 0 aromatic heterocycles. The van der Waals surface area contributed by atoms with Crippen molar-refractivity contribution < 1.29 is 9.84 Å². The van der Waals surface area contributed by atoms with Gasteiger partial charge in [0, 0.05) is 31.3 Å². The van der Waals surface area contributed by atoms with E-state index in [1.54, 1.807) is 0 Å². The van der Waals surface area contributed by atoms with Crippen LogP contribution in [0.25, 0.3) is 0 Å². The van der Waals surface area contributed by atoms with Crippen molar-refractivity contribution in [3.05, 3.63) is 35.9 Å². The summed E-state index contributed by atoms with van der Waals surface area (Å²) in [6.45, 7) is 1.79. The third kappa shape index (κ3) is 3.31. The van der Waals surface area contributed by atoms with Gasteiger partial charge in [0.2, 0.25) is 0 Å². The van der Waals surface area contributed by atoms with E-state index in [0.29, 0.717) is 0 Å². The van der Waals surface area contributed by atoms with Gasteiger partial charge in [0.05, 0.1) is 5.60 Å². The van der Waals surface area contributed by atoms with E-state index >= 15 is 0 Å². The Morgan fingerprint density at radius 1 is 1.11 bits per heavy atom. The Bertz CT molecular complexity index is 646. The van der Waals surface area contributed by atoms with E-state index in [1.165, 1.54) is 12.0 Å². The molecular weight excluding hydrogens is 350 g/mol. The fourth-order valence-electron chi connectivity index (χ4n) is 5.90. The van der Waals surface area contributed by atoms with E-state index in [4.69, 9.17) is 4.74 Å². The van der Waals surface area contributed by atoms with Crippen molar-refractivity contribution in [3.63, 3.8) is 0 Å². The molecular formula is C23H37N3O2. The van der Waals surface area contributed by atoms with Crippen LogP contribution in [0.3, 0.4) is 0 Å². The summed E-state index contributed by atoms with van der Waals surface area (Å²) in [7, 11) is 6.27. The quantitative estimate of drug-likeness (QED) is 0.786. The molecule has 3 fully saturated rings. The number of aliphatic hydroxyl groups excluding tert-OH is 1. The molecule has 1 aliphatic heterocycles. The lowest BCUT2D eigenvalue weighted by molar-refractivity contribution is -0.106. The maximum Gasteiger partial charge on any atom is 0.163 e. The zero-order valence-electron chi connectivity index (χ0n) is 17.8. The third-order valence-electron chi connectivity index (χ3n) is 8.20.